The van der Waals surface area contributed by atoms with E-state index in [0.29, 0.717) is 5.69 Å². The summed E-state index contributed by atoms with van der Waals surface area (Å²) >= 11 is 0. The number of aromatic nitrogens is 3. The van der Waals surface area contributed by atoms with Gasteiger partial charge in [-0.1, -0.05) is 5.21 Å². The van der Waals surface area contributed by atoms with Crippen molar-refractivity contribution in [3.05, 3.63) is 35.8 Å². The van der Waals surface area contributed by atoms with Crippen LogP contribution >= 0.6 is 0 Å². The lowest BCUT2D eigenvalue weighted by atomic mass is 10.1. The molecule has 6 heteroatoms. The molecule has 2 rings (SSSR count). The molecule has 1 aromatic heterocycles. The van der Waals surface area contributed by atoms with Gasteiger partial charge in [-0.3, -0.25) is 0 Å². The molecule has 1 heterocycles. The Labute approximate surface area is 102 Å². The summed E-state index contributed by atoms with van der Waals surface area (Å²) in [6.07, 6.45) is 1.56. The predicted molar refractivity (Wildman–Crippen MR) is 60.3 cm³/mol. The Balaban J connectivity index is 2.47. The maximum absolute atomic E-state index is 13.1. The monoisotopic (exact) mass is 255 g/mol. The van der Waals surface area contributed by atoms with E-state index in [4.69, 9.17) is 0 Å². The summed E-state index contributed by atoms with van der Waals surface area (Å²) < 4.78 is 40.6. The first-order chi connectivity index (χ1) is 8.29. The fourth-order valence-electron chi connectivity index (χ4n) is 1.43. The van der Waals surface area contributed by atoms with Crippen LogP contribution < -0.4 is 0 Å². The van der Waals surface area contributed by atoms with E-state index in [1.165, 1.54) is 0 Å². The zero-order chi connectivity index (χ0) is 13.5. The normalized spacial score (nSPS) is 11.9. The smallest absolute Gasteiger partial charge is 0.194 e. The molecule has 18 heavy (non-hydrogen) atoms. The first kappa shape index (κ1) is 12.6. The van der Waals surface area contributed by atoms with Gasteiger partial charge in [0.1, 0.15) is 5.69 Å². The Morgan fingerprint density at radius 1 is 1.06 bits per heavy atom. The van der Waals surface area contributed by atoms with Gasteiger partial charge in [-0.15, -0.1) is 5.10 Å². The van der Waals surface area contributed by atoms with Crippen molar-refractivity contribution in [1.82, 2.24) is 15.0 Å². The van der Waals surface area contributed by atoms with Crippen molar-refractivity contribution >= 4 is 0 Å². The minimum atomic E-state index is -1.48. The van der Waals surface area contributed by atoms with Crippen molar-refractivity contribution in [1.29, 1.82) is 0 Å². The van der Waals surface area contributed by atoms with Gasteiger partial charge in [-0.05, 0) is 32.9 Å². The van der Waals surface area contributed by atoms with Crippen LogP contribution in [0, 0.1) is 17.5 Å². The summed E-state index contributed by atoms with van der Waals surface area (Å²) in [7, 11) is 0. The SMILES string of the molecule is CC(C)(C)n1cc(-c2cc(F)c(F)c(F)c2)nn1. The lowest BCUT2D eigenvalue weighted by molar-refractivity contribution is 0.347. The number of hydrogen-bond donors (Lipinski definition) is 0. The quantitative estimate of drug-likeness (QED) is 0.733. The summed E-state index contributed by atoms with van der Waals surface area (Å²) in [5, 5.41) is 7.70. The number of rotatable bonds is 1. The van der Waals surface area contributed by atoms with Crippen LogP contribution in [-0.4, -0.2) is 15.0 Å². The van der Waals surface area contributed by atoms with E-state index in [-0.39, 0.29) is 11.1 Å². The van der Waals surface area contributed by atoms with Crippen molar-refractivity contribution in [3.8, 4) is 11.3 Å². The van der Waals surface area contributed by atoms with Crippen LogP contribution in [0.15, 0.2) is 18.3 Å². The molecule has 0 N–H and O–H groups in total. The highest BCUT2D eigenvalue weighted by Crippen LogP contribution is 2.23. The van der Waals surface area contributed by atoms with Gasteiger partial charge in [0.15, 0.2) is 17.5 Å². The molecule has 0 aliphatic carbocycles. The zero-order valence-corrected chi connectivity index (χ0v) is 10.2. The van der Waals surface area contributed by atoms with E-state index in [1.54, 1.807) is 10.9 Å². The highest BCUT2D eigenvalue weighted by molar-refractivity contribution is 5.57. The van der Waals surface area contributed by atoms with E-state index in [2.05, 4.69) is 10.3 Å². The Bertz CT molecular complexity index is 561. The maximum Gasteiger partial charge on any atom is 0.194 e. The third kappa shape index (κ3) is 2.23. The molecule has 1 aromatic carbocycles. The topological polar surface area (TPSA) is 30.7 Å². The maximum atomic E-state index is 13.1. The van der Waals surface area contributed by atoms with Crippen LogP contribution in [0.2, 0.25) is 0 Å². The molecule has 0 amide bonds. The summed E-state index contributed by atoms with van der Waals surface area (Å²) in [4.78, 5) is 0. The average Bonchev–Trinajstić information content (AvgIpc) is 2.73. The summed E-state index contributed by atoms with van der Waals surface area (Å²) in [5.41, 5.74) is 0.159. The summed E-state index contributed by atoms with van der Waals surface area (Å²) in [6.45, 7) is 5.74. The van der Waals surface area contributed by atoms with Crippen LogP contribution in [0.4, 0.5) is 13.2 Å². The molecular formula is C12H12F3N3. The van der Waals surface area contributed by atoms with Crippen molar-refractivity contribution in [3.63, 3.8) is 0 Å². The minimum absolute atomic E-state index is 0.155. The van der Waals surface area contributed by atoms with E-state index < -0.39 is 17.5 Å². The number of halogens is 3. The molecule has 0 saturated carbocycles. The molecule has 2 aromatic rings. The molecule has 0 atom stereocenters. The average molecular weight is 255 g/mol. The number of benzene rings is 1. The fourth-order valence-corrected chi connectivity index (χ4v) is 1.43. The van der Waals surface area contributed by atoms with Crippen molar-refractivity contribution < 1.29 is 13.2 Å². The van der Waals surface area contributed by atoms with Gasteiger partial charge >= 0.3 is 0 Å². The molecule has 0 saturated heterocycles. The van der Waals surface area contributed by atoms with E-state index in [1.807, 2.05) is 20.8 Å². The molecular weight excluding hydrogens is 243 g/mol. The molecule has 3 nitrogen and oxygen atoms in total. The van der Waals surface area contributed by atoms with Gasteiger partial charge in [0, 0.05) is 5.56 Å². The van der Waals surface area contributed by atoms with Crippen molar-refractivity contribution in [2.24, 2.45) is 0 Å². The van der Waals surface area contributed by atoms with E-state index in [0.717, 1.165) is 12.1 Å². The summed E-state index contributed by atoms with van der Waals surface area (Å²) in [6, 6.07) is 1.80. The highest BCUT2D eigenvalue weighted by atomic mass is 19.2. The lowest BCUT2D eigenvalue weighted by Gasteiger charge is -2.17. The fraction of sp³-hybridized carbons (Fsp3) is 0.333. The first-order valence-electron chi connectivity index (χ1n) is 5.37. The van der Waals surface area contributed by atoms with Crippen LogP contribution in [0.1, 0.15) is 20.8 Å². The van der Waals surface area contributed by atoms with E-state index in [9.17, 15) is 13.2 Å². The third-order valence-electron chi connectivity index (χ3n) is 2.46. The van der Waals surface area contributed by atoms with Crippen LogP contribution in [0.25, 0.3) is 11.3 Å². The number of hydrogen-bond acceptors (Lipinski definition) is 2. The van der Waals surface area contributed by atoms with Crippen molar-refractivity contribution in [2.45, 2.75) is 26.3 Å². The Kier molecular flexibility index (Phi) is 2.88. The molecule has 96 valence electrons. The highest BCUT2D eigenvalue weighted by Gasteiger charge is 2.17. The Morgan fingerprint density at radius 3 is 2.06 bits per heavy atom. The number of nitrogens with zero attached hydrogens (tertiary/aromatic N) is 3. The second-order valence-electron chi connectivity index (χ2n) is 4.97. The molecule has 0 aliphatic rings. The zero-order valence-electron chi connectivity index (χ0n) is 10.2. The standard InChI is InChI=1S/C12H12F3N3/c1-12(2,3)18-6-10(16-17-18)7-4-8(13)11(15)9(14)5-7/h4-6H,1-3H3. The summed E-state index contributed by atoms with van der Waals surface area (Å²) in [5.74, 6) is -3.97. The van der Waals surface area contributed by atoms with Gasteiger partial charge in [-0.2, -0.15) is 0 Å². The van der Waals surface area contributed by atoms with Crippen LogP contribution in [-0.2, 0) is 5.54 Å². The molecule has 0 unspecified atom stereocenters. The second-order valence-corrected chi connectivity index (χ2v) is 4.97. The van der Waals surface area contributed by atoms with Gasteiger partial charge in [0.25, 0.3) is 0 Å². The lowest BCUT2D eigenvalue weighted by Crippen LogP contribution is -2.22. The van der Waals surface area contributed by atoms with Gasteiger partial charge in [0.05, 0.1) is 11.7 Å². The van der Waals surface area contributed by atoms with Gasteiger partial charge in [0.2, 0.25) is 0 Å². The molecule has 0 aliphatic heterocycles. The molecule has 0 radical (unpaired) electrons. The van der Waals surface area contributed by atoms with E-state index >= 15 is 0 Å². The van der Waals surface area contributed by atoms with Gasteiger partial charge < -0.3 is 0 Å². The molecule has 0 bridgehead atoms. The first-order valence-corrected chi connectivity index (χ1v) is 5.37. The van der Waals surface area contributed by atoms with Crippen LogP contribution in [0.5, 0.6) is 0 Å². The molecule has 0 fully saturated rings. The van der Waals surface area contributed by atoms with Gasteiger partial charge in [-0.25, -0.2) is 17.9 Å². The molecule has 0 spiro atoms. The Hall–Kier alpha value is -1.85. The Morgan fingerprint density at radius 2 is 1.61 bits per heavy atom. The predicted octanol–water partition coefficient (Wildman–Crippen LogP) is 3.12. The minimum Gasteiger partial charge on any atom is -0.247 e. The second kappa shape index (κ2) is 4.12. The third-order valence-corrected chi connectivity index (χ3v) is 2.46. The van der Waals surface area contributed by atoms with Crippen LogP contribution in [0.3, 0.4) is 0 Å². The largest absolute Gasteiger partial charge is 0.247 e. The van der Waals surface area contributed by atoms with Crippen molar-refractivity contribution in [2.75, 3.05) is 0 Å².